The number of hydrogen-bond donors (Lipinski definition) is 0. The number of fused-ring (bicyclic) bond motifs is 2. The zero-order chi connectivity index (χ0) is 22.9. The maximum absolute atomic E-state index is 2.54. The van der Waals surface area contributed by atoms with Crippen LogP contribution in [0.2, 0.25) is 0 Å². The molecule has 0 aliphatic heterocycles. The van der Waals surface area contributed by atoms with Gasteiger partial charge >= 0.3 is 0 Å². The molecule has 0 bridgehead atoms. The third kappa shape index (κ3) is 4.12. The van der Waals surface area contributed by atoms with E-state index in [4.69, 9.17) is 0 Å². The molecule has 0 N–H and O–H groups in total. The molecule has 0 nitrogen and oxygen atoms in total. The predicted octanol–water partition coefficient (Wildman–Crippen LogP) is 8.95. The van der Waals surface area contributed by atoms with Crippen LogP contribution in [0, 0.1) is 10.8 Å². The number of rotatable bonds is 0. The van der Waals surface area contributed by atoms with Gasteiger partial charge in [-0.05, 0) is 55.0 Å². The van der Waals surface area contributed by atoms with Crippen molar-refractivity contribution in [3.05, 3.63) is 69.8 Å². The van der Waals surface area contributed by atoms with Crippen molar-refractivity contribution < 1.29 is 0 Å². The van der Waals surface area contributed by atoms with Crippen LogP contribution in [0.25, 0.3) is 0 Å². The van der Waals surface area contributed by atoms with Crippen LogP contribution in [0.1, 0.15) is 128 Å². The second-order valence-corrected chi connectivity index (χ2v) is 13.8. The van der Waals surface area contributed by atoms with Gasteiger partial charge in [0, 0.05) is 11.8 Å². The zero-order valence-electron chi connectivity index (χ0n) is 21.6. The van der Waals surface area contributed by atoms with Crippen LogP contribution in [0.5, 0.6) is 0 Å². The van der Waals surface area contributed by atoms with Gasteiger partial charge in [0.2, 0.25) is 0 Å². The van der Waals surface area contributed by atoms with Crippen molar-refractivity contribution in [2.24, 2.45) is 10.8 Å². The van der Waals surface area contributed by atoms with Gasteiger partial charge in [0.25, 0.3) is 0 Å². The molecule has 164 valence electrons. The fourth-order valence-corrected chi connectivity index (χ4v) is 5.31. The Morgan fingerprint density at radius 3 is 1.00 bits per heavy atom. The molecule has 0 unspecified atom stereocenters. The van der Waals surface area contributed by atoms with Gasteiger partial charge in [0.1, 0.15) is 0 Å². The highest BCUT2D eigenvalue weighted by molar-refractivity contribution is 5.57. The molecule has 0 heterocycles. The Morgan fingerprint density at radius 1 is 0.433 bits per heavy atom. The van der Waals surface area contributed by atoms with Crippen molar-refractivity contribution in [1.82, 2.24) is 0 Å². The molecule has 1 aliphatic rings. The summed E-state index contributed by atoms with van der Waals surface area (Å²) in [7, 11) is 0. The molecule has 0 amide bonds. The van der Waals surface area contributed by atoms with Gasteiger partial charge in [-0.3, -0.25) is 0 Å². The van der Waals surface area contributed by atoms with Crippen LogP contribution in [-0.2, 0) is 10.8 Å². The highest BCUT2D eigenvalue weighted by atomic mass is 14.5. The summed E-state index contributed by atoms with van der Waals surface area (Å²) in [5.74, 6) is 0.829. The third-order valence-electron chi connectivity index (χ3n) is 6.88. The second kappa shape index (κ2) is 6.98. The van der Waals surface area contributed by atoms with Gasteiger partial charge in [0.15, 0.2) is 0 Å². The molecule has 2 aromatic carbocycles. The van der Waals surface area contributed by atoms with E-state index in [9.17, 15) is 0 Å². The minimum absolute atomic E-state index is 0.152. The summed E-state index contributed by atoms with van der Waals surface area (Å²) in [6, 6.07) is 14.7. The lowest BCUT2D eigenvalue weighted by Crippen LogP contribution is -2.33. The molecule has 0 saturated carbocycles. The van der Waals surface area contributed by atoms with Crippen LogP contribution in [0.15, 0.2) is 36.4 Å². The maximum Gasteiger partial charge on any atom is 0.0144 e. The van der Waals surface area contributed by atoms with E-state index in [1.165, 1.54) is 22.3 Å². The molecule has 2 aromatic rings. The van der Waals surface area contributed by atoms with Crippen molar-refractivity contribution >= 4 is 0 Å². The fourth-order valence-electron chi connectivity index (χ4n) is 5.31. The predicted molar refractivity (Wildman–Crippen MR) is 133 cm³/mol. The third-order valence-corrected chi connectivity index (χ3v) is 6.88. The maximum atomic E-state index is 2.54. The van der Waals surface area contributed by atoms with E-state index in [1.54, 1.807) is 11.1 Å². The van der Waals surface area contributed by atoms with E-state index in [2.05, 4.69) is 119 Å². The SMILES string of the molecule is CC(C)(C)c1ccc2c(c1)C(C(C)(C)C)c1cc(C(C)(C)C)ccc1C2C(C)(C)C. The van der Waals surface area contributed by atoms with Gasteiger partial charge in [0.05, 0.1) is 0 Å². The monoisotopic (exact) mass is 404 g/mol. The average molecular weight is 405 g/mol. The molecule has 0 saturated heterocycles. The van der Waals surface area contributed by atoms with Crippen molar-refractivity contribution in [2.75, 3.05) is 0 Å². The normalized spacial score (nSPS) is 20.0. The van der Waals surface area contributed by atoms with Crippen molar-refractivity contribution in [1.29, 1.82) is 0 Å². The van der Waals surface area contributed by atoms with E-state index in [0.29, 0.717) is 11.8 Å². The molecule has 0 spiro atoms. The van der Waals surface area contributed by atoms with Gasteiger partial charge < -0.3 is 0 Å². The Bertz CT molecular complexity index is 864. The summed E-state index contributed by atoms with van der Waals surface area (Å²) >= 11 is 0. The molecule has 1 aliphatic carbocycles. The zero-order valence-corrected chi connectivity index (χ0v) is 21.6. The van der Waals surface area contributed by atoms with Gasteiger partial charge in [-0.25, -0.2) is 0 Å². The summed E-state index contributed by atoms with van der Waals surface area (Å²) in [5, 5.41) is 0. The summed E-state index contributed by atoms with van der Waals surface area (Å²) in [6.45, 7) is 28.4. The molecule has 0 atom stereocenters. The molecule has 0 fully saturated rings. The minimum atomic E-state index is 0.152. The fraction of sp³-hybridized carbons (Fsp3) is 0.600. The van der Waals surface area contributed by atoms with Crippen LogP contribution in [0.4, 0.5) is 0 Å². The Hall–Kier alpha value is -1.56. The number of benzene rings is 2. The molecule has 0 heteroatoms. The largest absolute Gasteiger partial charge is 0.0593 e. The van der Waals surface area contributed by atoms with Crippen LogP contribution in [-0.4, -0.2) is 0 Å². The van der Waals surface area contributed by atoms with Gasteiger partial charge in [-0.2, -0.15) is 0 Å². The van der Waals surface area contributed by atoms with Crippen LogP contribution in [0.3, 0.4) is 0 Å². The van der Waals surface area contributed by atoms with Crippen LogP contribution >= 0.6 is 0 Å². The molecule has 3 rings (SSSR count). The molecule has 30 heavy (non-hydrogen) atoms. The van der Waals surface area contributed by atoms with Crippen molar-refractivity contribution in [3.63, 3.8) is 0 Å². The Morgan fingerprint density at radius 2 is 0.733 bits per heavy atom. The minimum Gasteiger partial charge on any atom is -0.0593 e. The standard InChI is InChI=1S/C30H44/c1-27(2,3)19-13-15-21-23(17-19)26(30(10,11)12)24-18-20(28(4,5)6)14-16-22(24)25(21)29(7,8)9/h13-18,25-26H,1-12H3. The highest BCUT2D eigenvalue weighted by Crippen LogP contribution is 2.56. The first-order valence-electron chi connectivity index (χ1n) is 11.7. The Kier molecular flexibility index (Phi) is 5.37. The lowest BCUT2D eigenvalue weighted by Gasteiger charge is -2.46. The smallest absolute Gasteiger partial charge is 0.0144 e. The van der Waals surface area contributed by atoms with Gasteiger partial charge in [-0.15, -0.1) is 0 Å². The number of hydrogen-bond acceptors (Lipinski definition) is 0. The van der Waals surface area contributed by atoms with E-state index in [-0.39, 0.29) is 21.7 Å². The quantitative estimate of drug-likeness (QED) is 0.411. The molecule has 0 radical (unpaired) electrons. The lowest BCUT2D eigenvalue weighted by atomic mass is 9.58. The summed E-state index contributed by atoms with van der Waals surface area (Å²) in [4.78, 5) is 0. The Balaban J connectivity index is 2.40. The van der Waals surface area contributed by atoms with Crippen molar-refractivity contribution in [2.45, 2.75) is 106 Å². The van der Waals surface area contributed by atoms with E-state index >= 15 is 0 Å². The van der Waals surface area contributed by atoms with Crippen molar-refractivity contribution in [3.8, 4) is 0 Å². The van der Waals surface area contributed by atoms with E-state index in [1.807, 2.05) is 0 Å². The second-order valence-electron chi connectivity index (χ2n) is 13.8. The van der Waals surface area contributed by atoms with E-state index < -0.39 is 0 Å². The molecular weight excluding hydrogens is 360 g/mol. The first kappa shape index (κ1) is 23.1. The van der Waals surface area contributed by atoms with E-state index in [0.717, 1.165) is 0 Å². The summed E-state index contributed by atoms with van der Waals surface area (Å²) in [5.41, 5.74) is 9.68. The lowest BCUT2D eigenvalue weighted by molar-refractivity contribution is 0.313. The first-order valence-corrected chi connectivity index (χ1v) is 11.7. The van der Waals surface area contributed by atoms with Gasteiger partial charge in [-0.1, -0.05) is 119 Å². The summed E-state index contributed by atoms with van der Waals surface area (Å²) < 4.78 is 0. The molecule has 0 aromatic heterocycles. The Labute approximate surface area is 186 Å². The average Bonchev–Trinajstić information content (AvgIpc) is 2.54. The first-order chi connectivity index (χ1) is 13.4. The highest BCUT2D eigenvalue weighted by Gasteiger charge is 2.42. The molecular formula is C30H44. The summed E-state index contributed by atoms with van der Waals surface area (Å²) in [6.07, 6.45) is 0. The van der Waals surface area contributed by atoms with Crippen LogP contribution < -0.4 is 0 Å². The topological polar surface area (TPSA) is 0 Å².